The maximum absolute atomic E-state index is 13.9. The molecular weight excluding hydrogens is 583 g/mol. The number of nitrogens with two attached hydrogens (primary N) is 1. The molecule has 0 bridgehead atoms. The quantitative estimate of drug-likeness (QED) is 0.204. The molecule has 1 aliphatic heterocycles. The van der Waals surface area contributed by atoms with Gasteiger partial charge in [-0.2, -0.15) is 0 Å². The van der Waals surface area contributed by atoms with E-state index in [1.165, 1.54) is 0 Å². The highest BCUT2D eigenvalue weighted by atomic mass is 32.2. The van der Waals surface area contributed by atoms with Gasteiger partial charge in [0.15, 0.2) is 0 Å². The van der Waals surface area contributed by atoms with Crippen molar-refractivity contribution in [1.82, 2.24) is 16.0 Å². The van der Waals surface area contributed by atoms with E-state index in [9.17, 15) is 14.4 Å². The molecule has 2 atom stereocenters. The van der Waals surface area contributed by atoms with Crippen molar-refractivity contribution in [2.75, 3.05) is 30.1 Å². The van der Waals surface area contributed by atoms with E-state index in [1.54, 1.807) is 28.4 Å². The lowest BCUT2D eigenvalue weighted by atomic mass is 9.98. The van der Waals surface area contributed by atoms with E-state index in [2.05, 4.69) is 22.0 Å². The molecule has 9 nitrogen and oxygen atoms in total. The molecule has 3 aromatic rings. The largest absolute Gasteiger partial charge is 0.395 e. The Labute approximate surface area is 261 Å². The summed E-state index contributed by atoms with van der Waals surface area (Å²) < 4.78 is 0. The van der Waals surface area contributed by atoms with Gasteiger partial charge in [-0.25, -0.2) is 4.79 Å². The van der Waals surface area contributed by atoms with Crippen molar-refractivity contribution in [3.63, 3.8) is 0 Å². The van der Waals surface area contributed by atoms with Crippen LogP contribution in [0.3, 0.4) is 0 Å². The molecule has 1 unspecified atom stereocenters. The van der Waals surface area contributed by atoms with E-state index in [1.807, 2.05) is 80.8 Å². The van der Waals surface area contributed by atoms with Crippen molar-refractivity contribution in [2.24, 2.45) is 11.7 Å². The number of carbonyl (C=O) groups excluding carboxylic acids is 3. The van der Waals surface area contributed by atoms with Crippen LogP contribution in [0.5, 0.6) is 0 Å². The normalized spacial score (nSPS) is 15.4. The number of thioether (sulfide) groups is 2. The Morgan fingerprint density at radius 3 is 2.53 bits per heavy atom. The molecule has 11 heteroatoms. The Morgan fingerprint density at radius 2 is 1.84 bits per heavy atom. The number of benzene rings is 3. The van der Waals surface area contributed by atoms with Crippen LogP contribution in [-0.4, -0.2) is 60.2 Å². The number of aliphatic hydroxyl groups is 1. The van der Waals surface area contributed by atoms with Crippen LogP contribution in [0.4, 0.5) is 10.5 Å². The molecule has 4 amide bonds. The Hall–Kier alpha value is -3.51. The number of urea groups is 1. The zero-order valence-corrected chi connectivity index (χ0v) is 26.3. The zero-order valence-electron chi connectivity index (χ0n) is 24.6. The lowest BCUT2D eigenvalue weighted by Crippen LogP contribution is -2.54. The number of nitrogens with zero attached hydrogens (tertiary/aromatic N) is 1. The van der Waals surface area contributed by atoms with Gasteiger partial charge in [0.1, 0.15) is 6.04 Å². The van der Waals surface area contributed by atoms with Crippen LogP contribution in [0.1, 0.15) is 25.0 Å². The summed E-state index contributed by atoms with van der Waals surface area (Å²) in [6.07, 6.45) is 2.02. The third kappa shape index (κ3) is 8.32. The summed E-state index contributed by atoms with van der Waals surface area (Å²) in [7, 11) is 0. The topological polar surface area (TPSA) is 137 Å². The Morgan fingerprint density at radius 1 is 1.09 bits per heavy atom. The first kappa shape index (κ1) is 32.4. The number of carbonyl (C=O) groups is 3. The van der Waals surface area contributed by atoms with Gasteiger partial charge in [0.25, 0.3) is 5.91 Å². The summed E-state index contributed by atoms with van der Waals surface area (Å²) in [6, 6.07) is 20.2. The molecule has 0 saturated heterocycles. The number of hydrogen-bond donors (Lipinski definition) is 5. The van der Waals surface area contributed by atoms with Crippen LogP contribution in [0, 0.1) is 5.92 Å². The van der Waals surface area contributed by atoms with E-state index in [0.717, 1.165) is 37.7 Å². The number of aliphatic hydroxyl groups excluding tert-OH is 1. The molecule has 43 heavy (non-hydrogen) atoms. The molecule has 1 heterocycles. The van der Waals surface area contributed by atoms with Gasteiger partial charge in [-0.05, 0) is 52.6 Å². The zero-order chi connectivity index (χ0) is 30.9. The molecule has 0 aliphatic carbocycles. The van der Waals surface area contributed by atoms with E-state index < -0.39 is 12.1 Å². The van der Waals surface area contributed by atoms with Crippen LogP contribution in [0.2, 0.25) is 0 Å². The fourth-order valence-corrected chi connectivity index (χ4v) is 6.31. The number of amides is 4. The fourth-order valence-electron chi connectivity index (χ4n) is 4.68. The fraction of sp³-hybridized carbons (Fsp3) is 0.344. The monoisotopic (exact) mass is 621 g/mol. The maximum Gasteiger partial charge on any atom is 0.315 e. The number of hydrogen-bond acceptors (Lipinski definition) is 7. The summed E-state index contributed by atoms with van der Waals surface area (Å²) in [5.41, 5.74) is 10.8. The van der Waals surface area contributed by atoms with Crippen LogP contribution < -0.4 is 26.6 Å². The van der Waals surface area contributed by atoms with Crippen LogP contribution in [-0.2, 0) is 22.7 Å². The smallest absolute Gasteiger partial charge is 0.315 e. The first-order chi connectivity index (χ1) is 20.7. The van der Waals surface area contributed by atoms with E-state index in [0.29, 0.717) is 18.8 Å². The minimum Gasteiger partial charge on any atom is -0.395 e. The lowest BCUT2D eigenvalue weighted by molar-refractivity contribution is -0.128. The van der Waals surface area contributed by atoms with Gasteiger partial charge in [0.2, 0.25) is 5.91 Å². The van der Waals surface area contributed by atoms with Crippen LogP contribution >= 0.6 is 23.5 Å². The molecule has 4 rings (SSSR count). The number of nitrogens with one attached hydrogen (secondary N) is 3. The molecule has 0 spiro atoms. The molecule has 1 aliphatic rings. The Kier molecular flexibility index (Phi) is 11.5. The maximum atomic E-state index is 13.9. The van der Waals surface area contributed by atoms with Gasteiger partial charge in [0, 0.05) is 28.6 Å². The van der Waals surface area contributed by atoms with Gasteiger partial charge in [-0.15, -0.1) is 23.5 Å². The minimum atomic E-state index is -0.708. The molecule has 3 aromatic carbocycles. The SMILES string of the molecule is CSc1ccc2c(c1)SC[C@@H](NC(=O)C(N)C(C)C)C(=O)N2Cc1ccc(-c2ccccc2CNC(=O)NCCO)cc1. The Bertz CT molecular complexity index is 1430. The van der Waals surface area contributed by atoms with Gasteiger partial charge >= 0.3 is 6.03 Å². The third-order valence-electron chi connectivity index (χ3n) is 7.22. The molecule has 228 valence electrons. The lowest BCUT2D eigenvalue weighted by Gasteiger charge is -2.27. The van der Waals surface area contributed by atoms with Gasteiger partial charge in [-0.3, -0.25) is 9.59 Å². The second kappa shape index (κ2) is 15.3. The first-order valence-electron chi connectivity index (χ1n) is 14.2. The molecular formula is C32H39N5O4S2. The standard InChI is InChI=1S/C32H39N5O4S2/c1-20(2)29(33)30(39)36-26-19-43-28-16-24(42-3)12-13-27(28)37(31(26)40)18-21-8-10-22(11-9-21)25-7-5-4-6-23(25)17-35-32(41)34-14-15-38/h4-13,16,20,26,29,38H,14-15,17-19,33H2,1-3H3,(H,36,39)(H2,34,35,41)/t26-,29?/m1/s1. The summed E-state index contributed by atoms with van der Waals surface area (Å²) in [6.45, 7) is 4.50. The molecule has 0 fully saturated rings. The Balaban J connectivity index is 1.56. The van der Waals surface area contributed by atoms with Crippen LogP contribution in [0.15, 0.2) is 76.5 Å². The minimum absolute atomic E-state index is 0.0474. The summed E-state index contributed by atoms with van der Waals surface area (Å²) in [5.74, 6) is -0.132. The second-order valence-electron chi connectivity index (χ2n) is 10.6. The third-order valence-corrected chi connectivity index (χ3v) is 9.09. The molecule has 6 N–H and O–H groups in total. The highest BCUT2D eigenvalue weighted by molar-refractivity contribution is 8.00. The molecule has 0 saturated carbocycles. The summed E-state index contributed by atoms with van der Waals surface area (Å²) >= 11 is 3.20. The average molecular weight is 622 g/mol. The summed E-state index contributed by atoms with van der Waals surface area (Å²) in [4.78, 5) is 42.6. The van der Waals surface area contributed by atoms with Gasteiger partial charge < -0.3 is 31.7 Å². The molecule has 0 aromatic heterocycles. The highest BCUT2D eigenvalue weighted by Crippen LogP contribution is 2.38. The van der Waals surface area contributed by atoms with Crippen molar-refractivity contribution in [3.8, 4) is 11.1 Å². The number of fused-ring (bicyclic) bond motifs is 1. The van der Waals surface area contributed by atoms with Gasteiger partial charge in [-0.1, -0.05) is 62.4 Å². The van der Waals surface area contributed by atoms with E-state index in [-0.39, 0.29) is 36.9 Å². The van der Waals surface area contributed by atoms with Crippen molar-refractivity contribution in [1.29, 1.82) is 0 Å². The molecule has 0 radical (unpaired) electrons. The van der Waals surface area contributed by atoms with Crippen LogP contribution in [0.25, 0.3) is 11.1 Å². The summed E-state index contributed by atoms with van der Waals surface area (Å²) in [5, 5.41) is 17.2. The van der Waals surface area contributed by atoms with Crippen molar-refractivity contribution in [2.45, 2.75) is 48.8 Å². The predicted octanol–water partition coefficient (Wildman–Crippen LogP) is 3.97. The number of anilines is 1. The predicted molar refractivity (Wildman–Crippen MR) is 174 cm³/mol. The first-order valence-corrected chi connectivity index (χ1v) is 16.4. The van der Waals surface area contributed by atoms with E-state index >= 15 is 0 Å². The van der Waals surface area contributed by atoms with Crippen molar-refractivity contribution in [3.05, 3.63) is 77.9 Å². The van der Waals surface area contributed by atoms with Crippen molar-refractivity contribution < 1.29 is 19.5 Å². The highest BCUT2D eigenvalue weighted by Gasteiger charge is 2.33. The average Bonchev–Trinajstić information content (AvgIpc) is 3.14. The van der Waals surface area contributed by atoms with E-state index in [4.69, 9.17) is 10.8 Å². The number of rotatable bonds is 11. The van der Waals surface area contributed by atoms with Crippen molar-refractivity contribution >= 4 is 47.1 Å². The van der Waals surface area contributed by atoms with Gasteiger partial charge in [0.05, 0.1) is 24.9 Å². The second-order valence-corrected chi connectivity index (χ2v) is 12.5.